The van der Waals surface area contributed by atoms with Crippen molar-refractivity contribution in [2.45, 2.75) is 51.4 Å². The first-order valence-corrected chi connectivity index (χ1v) is 7.69. The number of amides is 1. The fourth-order valence-corrected chi connectivity index (χ4v) is 2.94. The number of aryl methyl sites for hydroxylation is 1. The van der Waals surface area contributed by atoms with Crippen molar-refractivity contribution in [2.24, 2.45) is 0 Å². The van der Waals surface area contributed by atoms with Gasteiger partial charge in [-0.3, -0.25) is 9.89 Å². The zero-order valence-corrected chi connectivity index (χ0v) is 12.3. The number of rotatable bonds is 7. The molecule has 1 aliphatic carbocycles. The average molecular weight is 279 g/mol. The number of H-pyrrole nitrogens is 1. The number of carbonyl (C=O) groups excluding carboxylic acids is 1. The summed E-state index contributed by atoms with van der Waals surface area (Å²) in [7, 11) is 0. The summed E-state index contributed by atoms with van der Waals surface area (Å²) in [5.41, 5.74) is 2.16. The minimum Gasteiger partial charge on any atom is -0.395 e. The molecule has 5 heteroatoms. The lowest BCUT2D eigenvalue weighted by Gasteiger charge is -2.29. The lowest BCUT2D eigenvalue weighted by Crippen LogP contribution is -2.38. The van der Waals surface area contributed by atoms with Crippen LogP contribution < -0.4 is 0 Å². The fraction of sp³-hybridized carbons (Fsp3) is 0.733. The maximum Gasteiger partial charge on any atom is 0.230 e. The average Bonchev–Trinajstić information content (AvgIpc) is 2.94. The maximum absolute atomic E-state index is 12.7. The predicted molar refractivity (Wildman–Crippen MR) is 77.5 cm³/mol. The van der Waals surface area contributed by atoms with Crippen molar-refractivity contribution in [3.63, 3.8) is 0 Å². The summed E-state index contributed by atoms with van der Waals surface area (Å²) in [5.74, 6) is 0.0724. The van der Waals surface area contributed by atoms with Crippen LogP contribution in [0.25, 0.3) is 0 Å². The Morgan fingerprint density at radius 1 is 1.50 bits per heavy atom. The van der Waals surface area contributed by atoms with Gasteiger partial charge in [0.15, 0.2) is 0 Å². The highest BCUT2D eigenvalue weighted by molar-refractivity contribution is 5.84. The van der Waals surface area contributed by atoms with E-state index in [4.69, 9.17) is 0 Å². The van der Waals surface area contributed by atoms with Crippen LogP contribution in [-0.2, 0) is 11.2 Å². The van der Waals surface area contributed by atoms with Crippen LogP contribution in [0.3, 0.4) is 0 Å². The molecular formula is C15H25N3O2. The Labute approximate surface area is 120 Å². The van der Waals surface area contributed by atoms with Gasteiger partial charge in [0.1, 0.15) is 0 Å². The van der Waals surface area contributed by atoms with E-state index in [9.17, 15) is 9.90 Å². The van der Waals surface area contributed by atoms with Crippen LogP contribution >= 0.6 is 0 Å². The van der Waals surface area contributed by atoms with Gasteiger partial charge in [0, 0.05) is 24.3 Å². The lowest BCUT2D eigenvalue weighted by molar-refractivity contribution is -0.133. The van der Waals surface area contributed by atoms with Gasteiger partial charge in [0.05, 0.1) is 18.7 Å². The van der Waals surface area contributed by atoms with Crippen LogP contribution in [0.1, 0.15) is 56.2 Å². The minimum atomic E-state index is -0.0781. The molecule has 1 heterocycles. The first-order valence-electron chi connectivity index (χ1n) is 7.69. The topological polar surface area (TPSA) is 69.2 Å². The molecule has 0 aromatic carbocycles. The van der Waals surface area contributed by atoms with E-state index >= 15 is 0 Å². The number of unbranched alkanes of at least 4 members (excludes halogenated alkanes) is 2. The highest BCUT2D eigenvalue weighted by Crippen LogP contribution is 2.31. The minimum absolute atomic E-state index is 0.0306. The third-order valence-corrected chi connectivity index (χ3v) is 4.06. The Bertz CT molecular complexity index is 431. The summed E-state index contributed by atoms with van der Waals surface area (Å²) in [6.07, 6.45) is 7.95. The number of carbonyl (C=O) groups is 1. The summed E-state index contributed by atoms with van der Waals surface area (Å²) in [5, 5.41) is 16.3. The van der Waals surface area contributed by atoms with E-state index in [0.717, 1.165) is 56.3 Å². The largest absolute Gasteiger partial charge is 0.395 e. The third kappa shape index (κ3) is 3.39. The SMILES string of the molecule is CCCCCN(CCO)C(=O)C1CCCc2[nH]ncc21. The van der Waals surface area contributed by atoms with Gasteiger partial charge in [-0.2, -0.15) is 5.10 Å². The Morgan fingerprint density at radius 3 is 3.10 bits per heavy atom. The smallest absolute Gasteiger partial charge is 0.230 e. The van der Waals surface area contributed by atoms with Gasteiger partial charge in [0.2, 0.25) is 5.91 Å². The van der Waals surface area contributed by atoms with E-state index in [2.05, 4.69) is 17.1 Å². The zero-order chi connectivity index (χ0) is 14.4. The molecule has 1 atom stereocenters. The summed E-state index contributed by atoms with van der Waals surface area (Å²) in [6, 6.07) is 0. The predicted octanol–water partition coefficient (Wildman–Crippen LogP) is 1.84. The molecule has 0 spiro atoms. The monoisotopic (exact) mass is 279 g/mol. The van der Waals surface area contributed by atoms with Gasteiger partial charge in [-0.15, -0.1) is 0 Å². The zero-order valence-electron chi connectivity index (χ0n) is 12.3. The van der Waals surface area contributed by atoms with E-state index in [1.54, 1.807) is 6.20 Å². The lowest BCUT2D eigenvalue weighted by atomic mass is 9.86. The Kier molecular flexibility index (Phi) is 5.59. The van der Waals surface area contributed by atoms with Crippen molar-refractivity contribution in [2.75, 3.05) is 19.7 Å². The molecule has 112 valence electrons. The third-order valence-electron chi connectivity index (χ3n) is 4.06. The molecule has 0 saturated carbocycles. The van der Waals surface area contributed by atoms with E-state index in [0.29, 0.717) is 6.54 Å². The molecule has 1 amide bonds. The summed E-state index contributed by atoms with van der Waals surface area (Å²) >= 11 is 0. The second-order valence-corrected chi connectivity index (χ2v) is 5.50. The number of aliphatic hydroxyl groups excluding tert-OH is 1. The van der Waals surface area contributed by atoms with Crippen molar-refractivity contribution in [1.29, 1.82) is 0 Å². The summed E-state index contributed by atoms with van der Waals surface area (Å²) in [6.45, 7) is 3.36. The van der Waals surface area contributed by atoms with E-state index in [1.807, 2.05) is 4.90 Å². The van der Waals surface area contributed by atoms with Crippen LogP contribution in [-0.4, -0.2) is 45.8 Å². The van der Waals surface area contributed by atoms with Crippen molar-refractivity contribution in [1.82, 2.24) is 15.1 Å². The van der Waals surface area contributed by atoms with Gasteiger partial charge in [-0.05, 0) is 25.7 Å². The molecule has 2 rings (SSSR count). The molecule has 0 bridgehead atoms. The standard InChI is InChI=1S/C15H25N3O2/c1-2-3-4-8-18(9-10-19)15(20)12-6-5-7-14-13(12)11-16-17-14/h11-12,19H,2-10H2,1H3,(H,16,17). The molecule has 0 saturated heterocycles. The number of fused-ring (bicyclic) bond motifs is 1. The Morgan fingerprint density at radius 2 is 2.35 bits per heavy atom. The van der Waals surface area contributed by atoms with Crippen LogP contribution in [0, 0.1) is 0 Å². The molecular weight excluding hydrogens is 254 g/mol. The molecule has 5 nitrogen and oxygen atoms in total. The number of hydrogen-bond acceptors (Lipinski definition) is 3. The number of aromatic nitrogens is 2. The summed E-state index contributed by atoms with van der Waals surface area (Å²) in [4.78, 5) is 14.5. The molecule has 0 aliphatic heterocycles. The number of aromatic amines is 1. The van der Waals surface area contributed by atoms with E-state index < -0.39 is 0 Å². The molecule has 1 aromatic heterocycles. The Hall–Kier alpha value is -1.36. The summed E-state index contributed by atoms with van der Waals surface area (Å²) < 4.78 is 0. The van der Waals surface area contributed by atoms with Gasteiger partial charge < -0.3 is 10.0 Å². The molecule has 1 aliphatic rings. The van der Waals surface area contributed by atoms with E-state index in [1.165, 1.54) is 0 Å². The molecule has 0 fully saturated rings. The van der Waals surface area contributed by atoms with Crippen molar-refractivity contribution < 1.29 is 9.90 Å². The number of nitrogens with one attached hydrogen (secondary N) is 1. The first kappa shape index (κ1) is 15.0. The van der Waals surface area contributed by atoms with Crippen molar-refractivity contribution in [3.05, 3.63) is 17.5 Å². The maximum atomic E-state index is 12.7. The van der Waals surface area contributed by atoms with Gasteiger partial charge in [0.25, 0.3) is 0 Å². The molecule has 1 unspecified atom stereocenters. The van der Waals surface area contributed by atoms with Crippen LogP contribution in [0.15, 0.2) is 6.20 Å². The van der Waals surface area contributed by atoms with Gasteiger partial charge in [-0.1, -0.05) is 19.8 Å². The number of nitrogens with zero attached hydrogens (tertiary/aromatic N) is 2. The van der Waals surface area contributed by atoms with Crippen LogP contribution in [0.2, 0.25) is 0 Å². The van der Waals surface area contributed by atoms with Crippen molar-refractivity contribution in [3.8, 4) is 0 Å². The quantitative estimate of drug-likeness (QED) is 0.748. The fourth-order valence-electron chi connectivity index (χ4n) is 2.94. The Balaban J connectivity index is 2.04. The van der Waals surface area contributed by atoms with E-state index in [-0.39, 0.29) is 18.4 Å². The second-order valence-electron chi connectivity index (χ2n) is 5.50. The van der Waals surface area contributed by atoms with Crippen LogP contribution in [0.4, 0.5) is 0 Å². The highest BCUT2D eigenvalue weighted by atomic mass is 16.3. The van der Waals surface area contributed by atoms with Gasteiger partial charge in [-0.25, -0.2) is 0 Å². The number of hydrogen-bond donors (Lipinski definition) is 2. The van der Waals surface area contributed by atoms with Crippen LogP contribution in [0.5, 0.6) is 0 Å². The molecule has 1 aromatic rings. The highest BCUT2D eigenvalue weighted by Gasteiger charge is 2.30. The normalized spacial score (nSPS) is 17.8. The number of aliphatic hydroxyl groups is 1. The molecule has 20 heavy (non-hydrogen) atoms. The molecule has 0 radical (unpaired) electrons. The molecule has 2 N–H and O–H groups in total. The van der Waals surface area contributed by atoms with Crippen molar-refractivity contribution >= 4 is 5.91 Å². The second kappa shape index (κ2) is 7.43. The first-order chi connectivity index (χ1) is 9.77. The van der Waals surface area contributed by atoms with Gasteiger partial charge >= 0.3 is 0 Å².